The zero-order valence-electron chi connectivity index (χ0n) is 13.1. The Kier molecular flexibility index (Phi) is 5.41. The van der Waals surface area contributed by atoms with Crippen LogP contribution in [0.25, 0.3) is 6.08 Å². The number of nitrogens with one attached hydrogen (secondary N) is 2. The average molecular weight is 334 g/mol. The summed E-state index contributed by atoms with van der Waals surface area (Å²) in [6, 6.07) is 3.34. The van der Waals surface area contributed by atoms with E-state index in [9.17, 15) is 18.4 Å². The van der Waals surface area contributed by atoms with Crippen molar-refractivity contribution in [2.45, 2.75) is 20.4 Å². The van der Waals surface area contributed by atoms with E-state index in [0.29, 0.717) is 18.3 Å². The van der Waals surface area contributed by atoms with Crippen LogP contribution in [0.15, 0.2) is 30.5 Å². The SMILES string of the molecule is CCn1nccc1/C=C/C(=O)Nc1cc(NC(C)=O)c(F)cc1F. The van der Waals surface area contributed by atoms with Gasteiger partial charge in [0.2, 0.25) is 11.8 Å². The molecule has 2 amide bonds. The zero-order chi connectivity index (χ0) is 17.7. The van der Waals surface area contributed by atoms with Gasteiger partial charge >= 0.3 is 0 Å². The molecule has 0 aliphatic heterocycles. The van der Waals surface area contributed by atoms with Crippen LogP contribution in [0.5, 0.6) is 0 Å². The molecule has 6 nitrogen and oxygen atoms in total. The molecule has 1 aromatic carbocycles. The minimum absolute atomic E-state index is 0.216. The molecule has 0 fully saturated rings. The number of aromatic nitrogens is 2. The number of carbonyl (C=O) groups is 2. The fourth-order valence-corrected chi connectivity index (χ4v) is 2.01. The third-order valence-corrected chi connectivity index (χ3v) is 3.08. The summed E-state index contributed by atoms with van der Waals surface area (Å²) in [5.74, 6) is -2.98. The Morgan fingerprint density at radius 2 is 1.88 bits per heavy atom. The largest absolute Gasteiger partial charge is 0.324 e. The van der Waals surface area contributed by atoms with Crippen molar-refractivity contribution >= 4 is 29.3 Å². The standard InChI is InChI=1S/C16H16F2N4O2/c1-3-22-11(6-7-19-22)4-5-16(24)21-15-9-14(20-10(2)23)12(17)8-13(15)18/h4-9H,3H2,1-2H3,(H,20,23)(H,21,24)/b5-4+. The molecule has 0 aliphatic carbocycles. The summed E-state index contributed by atoms with van der Waals surface area (Å²) < 4.78 is 29.0. The lowest BCUT2D eigenvalue weighted by molar-refractivity contribution is -0.114. The van der Waals surface area contributed by atoms with Crippen molar-refractivity contribution in [2.75, 3.05) is 10.6 Å². The number of amides is 2. The molecule has 0 bridgehead atoms. The van der Waals surface area contributed by atoms with Crippen LogP contribution in [0.4, 0.5) is 20.2 Å². The Morgan fingerprint density at radius 1 is 1.21 bits per heavy atom. The van der Waals surface area contributed by atoms with Gasteiger partial charge in [0.1, 0.15) is 11.6 Å². The van der Waals surface area contributed by atoms with E-state index in [1.807, 2.05) is 6.92 Å². The van der Waals surface area contributed by atoms with Gasteiger partial charge in [0.05, 0.1) is 17.1 Å². The third-order valence-electron chi connectivity index (χ3n) is 3.08. The maximum atomic E-state index is 13.8. The average Bonchev–Trinajstić information content (AvgIpc) is 2.97. The van der Waals surface area contributed by atoms with Gasteiger partial charge in [-0.1, -0.05) is 0 Å². The van der Waals surface area contributed by atoms with E-state index >= 15 is 0 Å². The van der Waals surface area contributed by atoms with Gasteiger partial charge in [0.25, 0.3) is 0 Å². The summed E-state index contributed by atoms with van der Waals surface area (Å²) in [7, 11) is 0. The van der Waals surface area contributed by atoms with Crippen LogP contribution in [-0.2, 0) is 16.1 Å². The number of anilines is 2. The maximum Gasteiger partial charge on any atom is 0.248 e. The molecule has 0 aliphatic rings. The van der Waals surface area contributed by atoms with Crippen LogP contribution in [0.2, 0.25) is 0 Å². The van der Waals surface area contributed by atoms with Crippen LogP contribution in [0, 0.1) is 11.6 Å². The highest BCUT2D eigenvalue weighted by molar-refractivity contribution is 6.02. The second kappa shape index (κ2) is 7.49. The topological polar surface area (TPSA) is 76.0 Å². The monoisotopic (exact) mass is 334 g/mol. The minimum Gasteiger partial charge on any atom is -0.324 e. The molecule has 2 rings (SSSR count). The van der Waals surface area contributed by atoms with Crippen molar-refractivity contribution in [3.05, 3.63) is 47.8 Å². The highest BCUT2D eigenvalue weighted by Gasteiger charge is 2.12. The molecule has 0 unspecified atom stereocenters. The van der Waals surface area contributed by atoms with Crippen molar-refractivity contribution < 1.29 is 18.4 Å². The lowest BCUT2D eigenvalue weighted by atomic mass is 10.2. The lowest BCUT2D eigenvalue weighted by Gasteiger charge is -2.09. The predicted octanol–water partition coefficient (Wildman–Crippen LogP) is 2.79. The van der Waals surface area contributed by atoms with Gasteiger partial charge in [-0.2, -0.15) is 5.10 Å². The first-order chi connectivity index (χ1) is 11.4. The first-order valence-corrected chi connectivity index (χ1v) is 7.18. The summed E-state index contributed by atoms with van der Waals surface area (Å²) in [5, 5.41) is 8.58. The fourth-order valence-electron chi connectivity index (χ4n) is 2.01. The molecule has 1 aromatic heterocycles. The van der Waals surface area contributed by atoms with E-state index in [-0.39, 0.29) is 11.4 Å². The molecule has 0 radical (unpaired) electrons. The van der Waals surface area contributed by atoms with Crippen LogP contribution in [0.1, 0.15) is 19.5 Å². The number of hydrogen-bond donors (Lipinski definition) is 2. The number of aryl methyl sites for hydroxylation is 1. The van der Waals surface area contributed by atoms with E-state index in [1.165, 1.54) is 19.1 Å². The van der Waals surface area contributed by atoms with Gasteiger partial charge in [-0.3, -0.25) is 14.3 Å². The van der Waals surface area contributed by atoms with E-state index in [0.717, 1.165) is 6.07 Å². The van der Waals surface area contributed by atoms with Gasteiger partial charge in [0.15, 0.2) is 0 Å². The van der Waals surface area contributed by atoms with Crippen molar-refractivity contribution in [1.82, 2.24) is 9.78 Å². The molecular weight excluding hydrogens is 318 g/mol. The van der Waals surface area contributed by atoms with E-state index in [4.69, 9.17) is 0 Å². The summed E-state index contributed by atoms with van der Waals surface area (Å²) in [6.07, 6.45) is 4.34. The lowest BCUT2D eigenvalue weighted by Crippen LogP contribution is -2.12. The molecule has 0 saturated heterocycles. The number of carbonyl (C=O) groups excluding carboxylic acids is 2. The third kappa shape index (κ3) is 4.25. The summed E-state index contributed by atoms with van der Waals surface area (Å²) in [4.78, 5) is 22.9. The highest BCUT2D eigenvalue weighted by atomic mass is 19.1. The molecule has 2 N–H and O–H groups in total. The van der Waals surface area contributed by atoms with Gasteiger partial charge in [-0.15, -0.1) is 0 Å². The number of benzene rings is 1. The molecule has 2 aromatic rings. The summed E-state index contributed by atoms with van der Waals surface area (Å²) >= 11 is 0. The molecule has 24 heavy (non-hydrogen) atoms. The maximum absolute atomic E-state index is 13.8. The van der Waals surface area contributed by atoms with Crippen molar-refractivity contribution in [1.29, 1.82) is 0 Å². The number of hydrogen-bond acceptors (Lipinski definition) is 3. The molecule has 1 heterocycles. The van der Waals surface area contributed by atoms with Gasteiger partial charge in [-0.25, -0.2) is 8.78 Å². The number of halogens is 2. The predicted molar refractivity (Wildman–Crippen MR) is 86.2 cm³/mol. The minimum atomic E-state index is -0.943. The fraction of sp³-hybridized carbons (Fsp3) is 0.188. The molecular formula is C16H16F2N4O2. The first kappa shape index (κ1) is 17.3. The smallest absolute Gasteiger partial charge is 0.248 e. The number of nitrogens with zero attached hydrogens (tertiary/aromatic N) is 2. The molecule has 0 atom stereocenters. The first-order valence-electron chi connectivity index (χ1n) is 7.18. The van der Waals surface area contributed by atoms with Gasteiger partial charge in [0, 0.05) is 31.8 Å². The summed E-state index contributed by atoms with van der Waals surface area (Å²) in [5.41, 5.74) is 0.261. The van der Waals surface area contributed by atoms with Crippen LogP contribution < -0.4 is 10.6 Å². The van der Waals surface area contributed by atoms with Crippen molar-refractivity contribution in [3.63, 3.8) is 0 Å². The second-order valence-corrected chi connectivity index (χ2v) is 4.89. The Labute approximate surface area is 137 Å². The molecule has 0 spiro atoms. The number of rotatable bonds is 5. The second-order valence-electron chi connectivity index (χ2n) is 4.89. The van der Waals surface area contributed by atoms with Crippen LogP contribution in [0.3, 0.4) is 0 Å². The Bertz CT molecular complexity index is 799. The summed E-state index contributed by atoms with van der Waals surface area (Å²) in [6.45, 7) is 3.74. The zero-order valence-corrected chi connectivity index (χ0v) is 13.1. The van der Waals surface area contributed by atoms with Gasteiger partial charge < -0.3 is 10.6 Å². The molecule has 8 heteroatoms. The van der Waals surface area contributed by atoms with E-state index in [2.05, 4.69) is 15.7 Å². The van der Waals surface area contributed by atoms with Gasteiger partial charge in [-0.05, 0) is 25.1 Å². The quantitative estimate of drug-likeness (QED) is 0.826. The highest BCUT2D eigenvalue weighted by Crippen LogP contribution is 2.23. The van der Waals surface area contributed by atoms with E-state index < -0.39 is 23.4 Å². The molecule has 0 saturated carbocycles. The Balaban J connectivity index is 2.15. The van der Waals surface area contributed by atoms with Crippen LogP contribution in [-0.4, -0.2) is 21.6 Å². The van der Waals surface area contributed by atoms with E-state index in [1.54, 1.807) is 16.9 Å². The van der Waals surface area contributed by atoms with Crippen molar-refractivity contribution in [2.24, 2.45) is 0 Å². The normalized spacial score (nSPS) is 10.8. The van der Waals surface area contributed by atoms with Crippen LogP contribution >= 0.6 is 0 Å². The molecule has 126 valence electrons. The van der Waals surface area contributed by atoms with Crippen molar-refractivity contribution in [3.8, 4) is 0 Å². The Morgan fingerprint density at radius 3 is 2.50 bits per heavy atom. The Hall–Kier alpha value is -3.03.